The molecular formula is C17H16N4OS2. The summed E-state index contributed by atoms with van der Waals surface area (Å²) in [6.07, 6.45) is 0. The van der Waals surface area contributed by atoms with Crippen molar-refractivity contribution in [2.24, 2.45) is 0 Å². The summed E-state index contributed by atoms with van der Waals surface area (Å²) < 4.78 is 1.85. The maximum atomic E-state index is 12.1. The quantitative estimate of drug-likeness (QED) is 0.703. The second-order valence-electron chi connectivity index (χ2n) is 5.18. The van der Waals surface area contributed by atoms with Gasteiger partial charge in [-0.3, -0.25) is 10.1 Å². The van der Waals surface area contributed by atoms with Gasteiger partial charge in [0.05, 0.1) is 27.6 Å². The van der Waals surface area contributed by atoms with E-state index in [9.17, 15) is 4.79 Å². The van der Waals surface area contributed by atoms with Crippen molar-refractivity contribution in [3.8, 4) is 5.69 Å². The summed E-state index contributed by atoms with van der Waals surface area (Å²) in [5.74, 6) is -0.215. The maximum Gasteiger partial charge on any atom is 0.267 e. The van der Waals surface area contributed by atoms with E-state index in [4.69, 9.17) is 12.2 Å². The van der Waals surface area contributed by atoms with Crippen molar-refractivity contribution in [2.45, 2.75) is 13.8 Å². The molecule has 0 aliphatic heterocycles. The summed E-state index contributed by atoms with van der Waals surface area (Å²) >= 11 is 6.63. The number of nitrogens with one attached hydrogen (secondary N) is 2. The smallest absolute Gasteiger partial charge is 0.267 e. The van der Waals surface area contributed by atoms with Crippen LogP contribution in [0.5, 0.6) is 0 Å². The van der Waals surface area contributed by atoms with Crippen molar-refractivity contribution < 1.29 is 4.79 Å². The molecule has 122 valence electrons. The van der Waals surface area contributed by atoms with Gasteiger partial charge < -0.3 is 5.32 Å². The summed E-state index contributed by atoms with van der Waals surface area (Å²) in [6, 6.07) is 13.4. The lowest BCUT2D eigenvalue weighted by Crippen LogP contribution is -2.33. The first-order valence-corrected chi connectivity index (χ1v) is 8.62. The van der Waals surface area contributed by atoms with Crippen LogP contribution in [0.1, 0.15) is 21.1 Å². The molecule has 0 atom stereocenters. The second-order valence-corrected chi connectivity index (χ2v) is 6.53. The largest absolute Gasteiger partial charge is 0.329 e. The van der Waals surface area contributed by atoms with Crippen LogP contribution in [0.15, 0.2) is 47.8 Å². The molecule has 0 aliphatic carbocycles. The highest BCUT2D eigenvalue weighted by Gasteiger charge is 2.15. The molecule has 3 rings (SSSR count). The van der Waals surface area contributed by atoms with E-state index >= 15 is 0 Å². The average molecular weight is 356 g/mol. The fourth-order valence-electron chi connectivity index (χ4n) is 2.36. The molecule has 0 spiro atoms. The van der Waals surface area contributed by atoms with E-state index in [2.05, 4.69) is 15.7 Å². The number of nitrogens with zero attached hydrogens (tertiary/aromatic N) is 2. The molecule has 0 saturated carbocycles. The van der Waals surface area contributed by atoms with E-state index in [1.165, 1.54) is 11.3 Å². The Balaban J connectivity index is 1.77. The number of anilines is 1. The number of thiophene rings is 1. The molecule has 1 amide bonds. The Morgan fingerprint density at radius 1 is 1.17 bits per heavy atom. The number of aromatic nitrogens is 2. The Kier molecular flexibility index (Phi) is 4.73. The van der Waals surface area contributed by atoms with Gasteiger partial charge >= 0.3 is 0 Å². The summed E-state index contributed by atoms with van der Waals surface area (Å²) in [7, 11) is 0. The van der Waals surface area contributed by atoms with Gasteiger partial charge in [0, 0.05) is 0 Å². The number of thiocarbonyl (C=S) groups is 1. The van der Waals surface area contributed by atoms with Gasteiger partial charge in [0.15, 0.2) is 5.11 Å². The van der Waals surface area contributed by atoms with Crippen molar-refractivity contribution in [1.29, 1.82) is 0 Å². The Hall–Kier alpha value is -2.51. The van der Waals surface area contributed by atoms with Gasteiger partial charge in [-0.15, -0.1) is 11.3 Å². The third-order valence-electron chi connectivity index (χ3n) is 3.50. The average Bonchev–Trinajstić information content (AvgIpc) is 3.20. The van der Waals surface area contributed by atoms with Crippen molar-refractivity contribution >= 4 is 40.3 Å². The van der Waals surface area contributed by atoms with Gasteiger partial charge in [-0.05, 0) is 49.6 Å². The van der Waals surface area contributed by atoms with Crippen LogP contribution in [0.3, 0.4) is 0 Å². The summed E-state index contributed by atoms with van der Waals surface area (Å²) in [4.78, 5) is 12.7. The Morgan fingerprint density at radius 2 is 1.92 bits per heavy atom. The predicted molar refractivity (Wildman–Crippen MR) is 101 cm³/mol. The van der Waals surface area contributed by atoms with E-state index in [0.29, 0.717) is 4.88 Å². The minimum absolute atomic E-state index is 0.215. The summed E-state index contributed by atoms with van der Waals surface area (Å²) in [5, 5.41) is 12.4. The van der Waals surface area contributed by atoms with E-state index in [1.807, 2.05) is 60.3 Å². The van der Waals surface area contributed by atoms with Crippen molar-refractivity contribution in [2.75, 3.05) is 5.32 Å². The first-order chi connectivity index (χ1) is 11.6. The molecule has 0 unspecified atom stereocenters. The molecule has 5 nitrogen and oxygen atoms in total. The maximum absolute atomic E-state index is 12.1. The molecule has 3 aromatic rings. The lowest BCUT2D eigenvalue weighted by molar-refractivity contribution is 0.0981. The number of carbonyl (C=O) groups is 1. The molecule has 0 aliphatic rings. The molecule has 2 heterocycles. The van der Waals surface area contributed by atoms with E-state index in [0.717, 1.165) is 22.8 Å². The molecule has 2 N–H and O–H groups in total. The summed E-state index contributed by atoms with van der Waals surface area (Å²) in [6.45, 7) is 3.86. The van der Waals surface area contributed by atoms with Crippen molar-refractivity contribution in [3.63, 3.8) is 0 Å². The van der Waals surface area contributed by atoms with Gasteiger partial charge in [-0.2, -0.15) is 5.10 Å². The van der Waals surface area contributed by atoms with Gasteiger partial charge in [0.2, 0.25) is 0 Å². The number of carbonyl (C=O) groups excluding carboxylic acids is 1. The fourth-order valence-corrected chi connectivity index (χ4v) is 3.18. The van der Waals surface area contributed by atoms with Gasteiger partial charge in [-0.25, -0.2) is 4.68 Å². The Morgan fingerprint density at radius 3 is 2.58 bits per heavy atom. The zero-order valence-electron chi connectivity index (χ0n) is 13.2. The van der Waals surface area contributed by atoms with Crippen LogP contribution in [0.2, 0.25) is 0 Å². The standard InChI is InChI=1S/C17H16N4OS2/c1-11-15(12(2)21(20-11)13-7-4-3-5-8-13)18-17(23)19-16(22)14-9-6-10-24-14/h3-10H,1-2H3,(H2,18,19,22,23). The molecule has 0 fully saturated rings. The molecule has 0 saturated heterocycles. The number of amides is 1. The zero-order chi connectivity index (χ0) is 17.1. The molecule has 24 heavy (non-hydrogen) atoms. The number of aryl methyl sites for hydroxylation is 1. The first-order valence-electron chi connectivity index (χ1n) is 7.33. The van der Waals surface area contributed by atoms with E-state index in [-0.39, 0.29) is 11.0 Å². The zero-order valence-corrected chi connectivity index (χ0v) is 14.9. The number of hydrogen-bond acceptors (Lipinski definition) is 4. The summed E-state index contributed by atoms with van der Waals surface area (Å²) in [5.41, 5.74) is 3.51. The Bertz CT molecular complexity index is 870. The topological polar surface area (TPSA) is 59.0 Å². The van der Waals surface area contributed by atoms with Gasteiger partial charge in [0.1, 0.15) is 0 Å². The fraction of sp³-hybridized carbons (Fsp3) is 0.118. The van der Waals surface area contributed by atoms with Crippen LogP contribution in [-0.2, 0) is 0 Å². The van der Waals surface area contributed by atoms with E-state index < -0.39 is 0 Å². The normalized spacial score (nSPS) is 10.4. The minimum atomic E-state index is -0.215. The van der Waals surface area contributed by atoms with Crippen LogP contribution >= 0.6 is 23.6 Å². The number of benzene rings is 1. The highest BCUT2D eigenvalue weighted by atomic mass is 32.1. The van der Waals surface area contributed by atoms with Crippen LogP contribution in [0, 0.1) is 13.8 Å². The molecule has 0 radical (unpaired) electrons. The molecule has 0 bridgehead atoms. The van der Waals surface area contributed by atoms with Crippen molar-refractivity contribution in [1.82, 2.24) is 15.1 Å². The first kappa shape index (κ1) is 16.4. The third-order valence-corrected chi connectivity index (χ3v) is 4.58. The van der Waals surface area contributed by atoms with Crippen LogP contribution in [0.4, 0.5) is 5.69 Å². The SMILES string of the molecule is Cc1nn(-c2ccccc2)c(C)c1NC(=S)NC(=O)c1cccs1. The van der Waals surface area contributed by atoms with E-state index in [1.54, 1.807) is 6.07 Å². The second kappa shape index (κ2) is 6.94. The molecule has 2 aromatic heterocycles. The highest BCUT2D eigenvalue weighted by molar-refractivity contribution is 7.80. The Labute approximate surface area is 149 Å². The van der Waals surface area contributed by atoms with Crippen LogP contribution in [-0.4, -0.2) is 20.8 Å². The van der Waals surface area contributed by atoms with Gasteiger partial charge in [-0.1, -0.05) is 24.3 Å². The third kappa shape index (κ3) is 3.37. The van der Waals surface area contributed by atoms with Crippen molar-refractivity contribution in [3.05, 3.63) is 64.1 Å². The molecule has 1 aromatic carbocycles. The molecule has 7 heteroatoms. The highest BCUT2D eigenvalue weighted by Crippen LogP contribution is 2.22. The van der Waals surface area contributed by atoms with Gasteiger partial charge in [0.25, 0.3) is 5.91 Å². The minimum Gasteiger partial charge on any atom is -0.329 e. The number of rotatable bonds is 3. The number of para-hydroxylation sites is 1. The van der Waals surface area contributed by atoms with Crippen LogP contribution in [0.25, 0.3) is 5.69 Å². The molecular weight excluding hydrogens is 340 g/mol. The number of hydrogen-bond donors (Lipinski definition) is 2. The monoisotopic (exact) mass is 356 g/mol. The van der Waals surface area contributed by atoms with Crippen LogP contribution < -0.4 is 10.6 Å². The lowest BCUT2D eigenvalue weighted by Gasteiger charge is -2.09. The lowest BCUT2D eigenvalue weighted by atomic mass is 10.3. The predicted octanol–water partition coefficient (Wildman–Crippen LogP) is 3.68.